The van der Waals surface area contributed by atoms with E-state index < -0.39 is 0 Å². The molecule has 0 amide bonds. The van der Waals surface area contributed by atoms with Crippen molar-refractivity contribution in [2.24, 2.45) is 40.2 Å². The van der Waals surface area contributed by atoms with Gasteiger partial charge in [0.25, 0.3) is 0 Å². The first kappa shape index (κ1) is 13.5. The fraction of sp³-hybridized carbons (Fsp3) is 0.684. The average Bonchev–Trinajstić information content (AvgIpc) is 2.76. The zero-order valence-corrected chi connectivity index (χ0v) is 13.2. The van der Waals surface area contributed by atoms with E-state index in [1.54, 1.807) is 0 Å². The molecule has 2 heteroatoms. The Kier molecular flexibility index (Phi) is 2.68. The van der Waals surface area contributed by atoms with E-state index in [0.717, 1.165) is 23.5 Å². The second-order valence-corrected chi connectivity index (χ2v) is 8.20. The summed E-state index contributed by atoms with van der Waals surface area (Å²) in [5.74, 6) is 3.25. The molecule has 0 aliphatic heterocycles. The first-order chi connectivity index (χ1) is 9.95. The van der Waals surface area contributed by atoms with Gasteiger partial charge in [-0.25, -0.2) is 0 Å². The number of aliphatic hydroxyl groups is 1. The summed E-state index contributed by atoms with van der Waals surface area (Å²) in [6, 6.07) is 0. The van der Waals surface area contributed by atoms with Gasteiger partial charge >= 0.3 is 0 Å². The van der Waals surface area contributed by atoms with Crippen LogP contribution in [0.3, 0.4) is 0 Å². The first-order valence-corrected chi connectivity index (χ1v) is 8.51. The summed E-state index contributed by atoms with van der Waals surface area (Å²) in [6.45, 7) is 4.81. The monoisotopic (exact) mass is 285 g/mol. The van der Waals surface area contributed by atoms with Crippen molar-refractivity contribution in [1.82, 2.24) is 0 Å². The van der Waals surface area contributed by atoms with Crippen LogP contribution in [0, 0.1) is 34.5 Å². The molecule has 2 saturated carbocycles. The zero-order chi connectivity index (χ0) is 14.8. The molecule has 2 fully saturated rings. The van der Waals surface area contributed by atoms with Gasteiger partial charge in [0, 0.05) is 11.1 Å². The van der Waals surface area contributed by atoms with E-state index in [9.17, 15) is 5.11 Å². The van der Waals surface area contributed by atoms with Crippen LogP contribution < -0.4 is 5.73 Å². The van der Waals surface area contributed by atoms with Crippen LogP contribution in [-0.4, -0.2) is 5.11 Å². The molecule has 21 heavy (non-hydrogen) atoms. The topological polar surface area (TPSA) is 46.2 Å². The fourth-order valence-corrected chi connectivity index (χ4v) is 6.06. The Hall–Kier alpha value is -1.18. The molecule has 0 saturated heterocycles. The van der Waals surface area contributed by atoms with Crippen molar-refractivity contribution in [3.8, 4) is 0 Å². The van der Waals surface area contributed by atoms with Gasteiger partial charge < -0.3 is 10.8 Å². The van der Waals surface area contributed by atoms with E-state index in [-0.39, 0.29) is 10.8 Å². The van der Waals surface area contributed by atoms with E-state index in [4.69, 9.17) is 5.73 Å². The van der Waals surface area contributed by atoms with Crippen molar-refractivity contribution >= 4 is 0 Å². The number of hydrogen-bond acceptors (Lipinski definition) is 2. The van der Waals surface area contributed by atoms with Crippen LogP contribution in [-0.2, 0) is 0 Å². The maximum absolute atomic E-state index is 9.83. The molecule has 1 unspecified atom stereocenters. The summed E-state index contributed by atoms with van der Waals surface area (Å²) in [4.78, 5) is 0. The molecule has 6 atom stereocenters. The Morgan fingerprint density at radius 3 is 2.81 bits per heavy atom. The van der Waals surface area contributed by atoms with Crippen LogP contribution in [0.2, 0.25) is 0 Å². The van der Waals surface area contributed by atoms with Gasteiger partial charge in [-0.15, -0.1) is 0 Å². The number of aliphatic hydroxyl groups excluding tert-OH is 1. The van der Waals surface area contributed by atoms with Crippen LogP contribution in [0.1, 0.15) is 46.0 Å². The molecule has 4 rings (SSSR count). The summed E-state index contributed by atoms with van der Waals surface area (Å²) in [5.41, 5.74) is 7.96. The van der Waals surface area contributed by atoms with E-state index >= 15 is 0 Å². The molecule has 0 aromatic rings. The second-order valence-electron chi connectivity index (χ2n) is 8.20. The van der Waals surface area contributed by atoms with Crippen LogP contribution in [0.25, 0.3) is 0 Å². The maximum Gasteiger partial charge on any atom is 0.111 e. The summed E-state index contributed by atoms with van der Waals surface area (Å²) in [7, 11) is 0. The van der Waals surface area contributed by atoms with Crippen molar-refractivity contribution in [3.63, 3.8) is 0 Å². The van der Waals surface area contributed by atoms with Crippen molar-refractivity contribution in [2.75, 3.05) is 0 Å². The maximum atomic E-state index is 9.83. The third-order valence-electron chi connectivity index (χ3n) is 7.47. The lowest BCUT2D eigenvalue weighted by Crippen LogP contribution is -2.51. The molecule has 0 spiro atoms. The molecular weight excluding hydrogens is 258 g/mol. The van der Waals surface area contributed by atoms with Gasteiger partial charge in [-0.2, -0.15) is 0 Å². The molecule has 0 aromatic carbocycles. The molecule has 2 nitrogen and oxygen atoms in total. The Balaban J connectivity index is 1.68. The minimum absolute atomic E-state index is 0.230. The molecule has 114 valence electrons. The highest BCUT2D eigenvalue weighted by Gasteiger charge is 2.56. The molecule has 4 aliphatic carbocycles. The van der Waals surface area contributed by atoms with Crippen molar-refractivity contribution in [3.05, 3.63) is 35.8 Å². The van der Waals surface area contributed by atoms with E-state index in [2.05, 4.69) is 32.1 Å². The van der Waals surface area contributed by atoms with Crippen LogP contribution >= 0.6 is 0 Å². The Labute approximate surface area is 127 Å². The van der Waals surface area contributed by atoms with E-state index in [1.165, 1.54) is 32.1 Å². The van der Waals surface area contributed by atoms with Crippen molar-refractivity contribution in [1.29, 1.82) is 0 Å². The number of nitrogens with two attached hydrogens (primary N) is 1. The normalized spacial score (nSPS) is 51.5. The minimum atomic E-state index is 0.230. The Morgan fingerprint density at radius 2 is 2.00 bits per heavy atom. The van der Waals surface area contributed by atoms with Crippen LogP contribution in [0.5, 0.6) is 0 Å². The fourth-order valence-electron chi connectivity index (χ4n) is 6.06. The smallest absolute Gasteiger partial charge is 0.111 e. The molecule has 0 bridgehead atoms. The van der Waals surface area contributed by atoms with Gasteiger partial charge in [-0.3, -0.25) is 0 Å². The van der Waals surface area contributed by atoms with E-state index in [1.807, 2.05) is 6.08 Å². The van der Waals surface area contributed by atoms with Crippen LogP contribution in [0.15, 0.2) is 35.8 Å². The first-order valence-electron chi connectivity index (χ1n) is 8.51. The minimum Gasteiger partial charge on any atom is -0.508 e. The Morgan fingerprint density at radius 1 is 1.19 bits per heavy atom. The summed E-state index contributed by atoms with van der Waals surface area (Å²) in [6.07, 6.45) is 14.8. The SMILES string of the molecule is C[C@]12C=CC(O)=CC1CC[C@@H]1[C@H]2CC[C@]2(C)C(N)=CC[C@@H]12. The highest BCUT2D eigenvalue weighted by atomic mass is 16.3. The highest BCUT2D eigenvalue weighted by molar-refractivity contribution is 5.29. The predicted octanol–water partition coefficient (Wildman–Crippen LogP) is 4.31. The van der Waals surface area contributed by atoms with Gasteiger partial charge in [0.2, 0.25) is 0 Å². The van der Waals surface area contributed by atoms with Gasteiger partial charge in [-0.1, -0.05) is 26.0 Å². The molecule has 0 radical (unpaired) electrons. The third-order valence-corrected chi connectivity index (χ3v) is 7.47. The lowest BCUT2D eigenvalue weighted by atomic mass is 9.47. The van der Waals surface area contributed by atoms with Crippen molar-refractivity contribution < 1.29 is 5.11 Å². The zero-order valence-electron chi connectivity index (χ0n) is 13.2. The van der Waals surface area contributed by atoms with Gasteiger partial charge in [-0.05, 0) is 73.3 Å². The highest BCUT2D eigenvalue weighted by Crippen LogP contribution is 2.64. The number of rotatable bonds is 0. The van der Waals surface area contributed by atoms with Crippen molar-refractivity contribution in [2.45, 2.75) is 46.0 Å². The predicted molar refractivity (Wildman–Crippen MR) is 85.4 cm³/mol. The summed E-state index contributed by atoms with van der Waals surface area (Å²) >= 11 is 0. The quantitative estimate of drug-likeness (QED) is 0.696. The largest absolute Gasteiger partial charge is 0.508 e. The molecular formula is C19H27NO. The molecule has 0 aromatic heterocycles. The third kappa shape index (κ3) is 1.65. The van der Waals surface area contributed by atoms with Gasteiger partial charge in [0.15, 0.2) is 0 Å². The van der Waals surface area contributed by atoms with E-state index in [0.29, 0.717) is 11.7 Å². The molecule has 3 N–H and O–H groups in total. The number of allylic oxidation sites excluding steroid dienone is 5. The lowest BCUT2D eigenvalue weighted by molar-refractivity contribution is -0.0486. The Bertz CT molecular complexity index is 560. The lowest BCUT2D eigenvalue weighted by Gasteiger charge is -2.57. The van der Waals surface area contributed by atoms with Gasteiger partial charge in [0.05, 0.1) is 0 Å². The second kappa shape index (κ2) is 4.18. The molecule has 4 aliphatic rings. The van der Waals surface area contributed by atoms with Crippen LogP contribution in [0.4, 0.5) is 0 Å². The summed E-state index contributed by atoms with van der Waals surface area (Å²) < 4.78 is 0. The molecule has 0 heterocycles. The van der Waals surface area contributed by atoms with Gasteiger partial charge in [0.1, 0.15) is 5.76 Å². The number of fused-ring (bicyclic) bond motifs is 5. The summed E-state index contributed by atoms with van der Waals surface area (Å²) in [5, 5.41) is 9.83. The number of hydrogen-bond donors (Lipinski definition) is 2. The average molecular weight is 285 g/mol. The standard InChI is InChI=1S/C19H27NO/c1-18-9-7-13(21)11-12(18)3-4-14-15-5-6-17(20)19(15,2)10-8-16(14)18/h6-7,9,11-12,14-16,21H,3-5,8,10,20H2,1-2H3/t12?,14-,15-,16+,18-,19-/m0/s1.